The number of para-hydroxylation sites is 1. The van der Waals surface area contributed by atoms with Crippen molar-refractivity contribution in [3.63, 3.8) is 0 Å². The molecule has 2 amide bonds. The fourth-order valence-corrected chi connectivity index (χ4v) is 4.23. The van der Waals surface area contributed by atoms with Crippen molar-refractivity contribution < 1.29 is 24.3 Å². The van der Waals surface area contributed by atoms with Gasteiger partial charge < -0.3 is 9.84 Å². The zero-order valence-electron chi connectivity index (χ0n) is 16.7. The summed E-state index contributed by atoms with van der Waals surface area (Å²) in [7, 11) is 1.53. The topological polar surface area (TPSA) is 79.3 Å². The number of phenols is 1. The summed E-state index contributed by atoms with van der Waals surface area (Å²) in [5, 5.41) is 11.3. The molecule has 2 heterocycles. The Bertz CT molecular complexity index is 1130. The second kappa shape index (κ2) is 7.45. The number of ether oxygens (including phenoxy) is 1. The fourth-order valence-electron chi connectivity index (χ4n) is 4.23. The predicted octanol–water partition coefficient (Wildman–Crippen LogP) is 3.45. The lowest BCUT2D eigenvalue weighted by atomic mass is 9.90. The molecule has 0 unspecified atom stereocenters. The molecule has 0 bridgehead atoms. The van der Waals surface area contributed by atoms with Gasteiger partial charge in [0.2, 0.25) is 5.91 Å². The van der Waals surface area contributed by atoms with Crippen LogP contribution in [0.25, 0.3) is 0 Å². The number of imide groups is 1. The van der Waals surface area contributed by atoms with Crippen molar-refractivity contribution in [3.05, 3.63) is 84.4 Å². The van der Waals surface area contributed by atoms with Gasteiger partial charge in [-0.05, 0) is 42.0 Å². The first-order valence-corrected chi connectivity index (χ1v) is 9.90. The number of methoxy groups -OCH3 is 1. The van der Waals surface area contributed by atoms with Crippen molar-refractivity contribution in [3.8, 4) is 11.5 Å². The maximum atomic E-state index is 13.5. The van der Waals surface area contributed by atoms with Crippen molar-refractivity contribution in [2.24, 2.45) is 5.92 Å². The Morgan fingerprint density at radius 1 is 0.871 bits per heavy atom. The highest BCUT2D eigenvalue weighted by atomic mass is 16.7. The first kappa shape index (κ1) is 19.1. The van der Waals surface area contributed by atoms with Gasteiger partial charge in [-0.2, -0.15) is 0 Å². The fraction of sp³-hybridized carbons (Fsp3) is 0.167. The van der Waals surface area contributed by atoms with Crippen LogP contribution in [-0.4, -0.2) is 30.1 Å². The molecule has 1 N–H and O–H groups in total. The van der Waals surface area contributed by atoms with Crippen LogP contribution in [0, 0.1) is 5.92 Å². The number of fused-ring (bicyclic) bond motifs is 1. The van der Waals surface area contributed by atoms with Crippen LogP contribution < -0.4 is 14.7 Å². The molecule has 0 radical (unpaired) electrons. The Balaban J connectivity index is 1.57. The summed E-state index contributed by atoms with van der Waals surface area (Å²) in [4.78, 5) is 34.1. The average molecular weight is 416 g/mol. The van der Waals surface area contributed by atoms with Crippen LogP contribution in [0.15, 0.2) is 78.9 Å². The minimum absolute atomic E-state index is 0.123. The molecule has 2 fully saturated rings. The lowest BCUT2D eigenvalue weighted by molar-refractivity contribution is -0.126. The van der Waals surface area contributed by atoms with E-state index in [9.17, 15) is 14.7 Å². The number of phenolic OH excluding ortho intramolecular Hbond substituents is 1. The molecule has 0 spiro atoms. The lowest BCUT2D eigenvalue weighted by Crippen LogP contribution is -2.37. The molecule has 156 valence electrons. The molecular formula is C24H20N2O5. The van der Waals surface area contributed by atoms with E-state index in [1.807, 2.05) is 30.3 Å². The predicted molar refractivity (Wildman–Crippen MR) is 114 cm³/mol. The van der Waals surface area contributed by atoms with Gasteiger partial charge in [-0.3, -0.25) is 14.4 Å². The summed E-state index contributed by atoms with van der Waals surface area (Å²) < 4.78 is 5.24. The first-order chi connectivity index (χ1) is 15.1. The third kappa shape index (κ3) is 3.10. The number of hydrogen-bond acceptors (Lipinski definition) is 6. The molecule has 3 aromatic carbocycles. The Kier molecular flexibility index (Phi) is 4.60. The van der Waals surface area contributed by atoms with E-state index in [1.165, 1.54) is 12.0 Å². The molecule has 0 saturated carbocycles. The maximum Gasteiger partial charge on any atom is 0.266 e. The molecule has 5 rings (SSSR count). The highest BCUT2D eigenvalue weighted by Crippen LogP contribution is 2.47. The van der Waals surface area contributed by atoms with Gasteiger partial charge in [-0.1, -0.05) is 36.4 Å². The van der Waals surface area contributed by atoms with E-state index in [0.717, 1.165) is 11.3 Å². The zero-order chi connectivity index (χ0) is 21.5. The number of benzene rings is 3. The number of rotatable bonds is 4. The molecule has 7 heteroatoms. The average Bonchev–Trinajstić information content (AvgIpc) is 3.31. The molecule has 0 aromatic heterocycles. The Hall–Kier alpha value is -3.84. The van der Waals surface area contributed by atoms with Gasteiger partial charge in [-0.25, -0.2) is 9.96 Å². The van der Waals surface area contributed by atoms with Gasteiger partial charge in [0.25, 0.3) is 5.91 Å². The van der Waals surface area contributed by atoms with E-state index < -0.39 is 24.0 Å². The molecular weight excluding hydrogens is 396 g/mol. The third-order valence-electron chi connectivity index (χ3n) is 5.67. The van der Waals surface area contributed by atoms with E-state index >= 15 is 0 Å². The van der Waals surface area contributed by atoms with Gasteiger partial charge in [0, 0.05) is 6.07 Å². The lowest BCUT2D eigenvalue weighted by Gasteiger charge is -2.28. The first-order valence-electron chi connectivity index (χ1n) is 9.90. The van der Waals surface area contributed by atoms with Crippen molar-refractivity contribution in [1.29, 1.82) is 0 Å². The number of carbonyl (C=O) groups excluding carboxylic acids is 2. The molecule has 2 aliphatic rings. The van der Waals surface area contributed by atoms with Crippen LogP contribution in [0.5, 0.6) is 11.5 Å². The molecule has 3 aromatic rings. The van der Waals surface area contributed by atoms with Crippen LogP contribution in [0.3, 0.4) is 0 Å². The van der Waals surface area contributed by atoms with Crippen molar-refractivity contribution in [2.75, 3.05) is 17.1 Å². The van der Waals surface area contributed by atoms with Crippen molar-refractivity contribution in [1.82, 2.24) is 0 Å². The summed E-state index contributed by atoms with van der Waals surface area (Å²) in [5.74, 6) is -0.803. The molecule has 31 heavy (non-hydrogen) atoms. The molecule has 3 atom stereocenters. The SMILES string of the molecule is COc1cccc(N2C(=O)[C@@H]3[C@H](ON(c4ccccc4)[C@@H]3c3ccc(O)cc3)C2=O)c1. The Morgan fingerprint density at radius 2 is 1.58 bits per heavy atom. The molecule has 0 aliphatic carbocycles. The highest BCUT2D eigenvalue weighted by molar-refractivity contribution is 6.24. The summed E-state index contributed by atoms with van der Waals surface area (Å²) >= 11 is 0. The van der Waals surface area contributed by atoms with E-state index in [0.29, 0.717) is 11.4 Å². The van der Waals surface area contributed by atoms with Gasteiger partial charge in [0.1, 0.15) is 17.4 Å². The number of hydroxylamine groups is 1. The summed E-state index contributed by atoms with van der Waals surface area (Å²) in [5.41, 5.74) is 1.95. The monoisotopic (exact) mass is 416 g/mol. The van der Waals surface area contributed by atoms with Crippen LogP contribution >= 0.6 is 0 Å². The molecule has 7 nitrogen and oxygen atoms in total. The van der Waals surface area contributed by atoms with E-state index in [1.54, 1.807) is 53.6 Å². The zero-order valence-corrected chi connectivity index (χ0v) is 16.7. The second-order valence-electron chi connectivity index (χ2n) is 7.46. The number of carbonyl (C=O) groups is 2. The maximum absolute atomic E-state index is 13.5. The minimum Gasteiger partial charge on any atom is -0.508 e. The summed E-state index contributed by atoms with van der Waals surface area (Å²) in [6, 6.07) is 22.3. The Morgan fingerprint density at radius 3 is 2.29 bits per heavy atom. The van der Waals surface area contributed by atoms with Gasteiger partial charge >= 0.3 is 0 Å². The van der Waals surface area contributed by atoms with E-state index in [-0.39, 0.29) is 11.7 Å². The standard InChI is InChI=1S/C24H20N2O5/c1-30-19-9-5-8-17(14-19)25-23(28)20-21(15-10-12-18(27)13-11-15)26(31-22(20)24(25)29)16-6-3-2-4-7-16/h2-14,20-22,27H,1H3/t20-,21+,22-/m0/s1. The van der Waals surface area contributed by atoms with Crippen LogP contribution in [0.4, 0.5) is 11.4 Å². The smallest absolute Gasteiger partial charge is 0.266 e. The van der Waals surface area contributed by atoms with E-state index in [4.69, 9.17) is 9.57 Å². The summed E-state index contributed by atoms with van der Waals surface area (Å²) in [6.45, 7) is 0. The van der Waals surface area contributed by atoms with Crippen LogP contribution in [-0.2, 0) is 14.4 Å². The largest absolute Gasteiger partial charge is 0.508 e. The number of hydrogen-bond donors (Lipinski definition) is 1. The third-order valence-corrected chi connectivity index (χ3v) is 5.67. The van der Waals surface area contributed by atoms with E-state index in [2.05, 4.69) is 0 Å². The van der Waals surface area contributed by atoms with Gasteiger partial charge in [0.05, 0.1) is 24.5 Å². The highest BCUT2D eigenvalue weighted by Gasteiger charge is 2.60. The van der Waals surface area contributed by atoms with Crippen molar-refractivity contribution >= 4 is 23.2 Å². The number of anilines is 2. The Labute approximate surface area is 179 Å². The van der Waals surface area contributed by atoms with Crippen molar-refractivity contribution in [2.45, 2.75) is 12.1 Å². The second-order valence-corrected chi connectivity index (χ2v) is 7.46. The van der Waals surface area contributed by atoms with Gasteiger partial charge in [-0.15, -0.1) is 0 Å². The minimum atomic E-state index is -0.947. The quantitative estimate of drug-likeness (QED) is 0.657. The van der Waals surface area contributed by atoms with Crippen LogP contribution in [0.2, 0.25) is 0 Å². The number of nitrogens with zero attached hydrogens (tertiary/aromatic N) is 2. The number of aromatic hydroxyl groups is 1. The van der Waals surface area contributed by atoms with Gasteiger partial charge in [0.15, 0.2) is 6.10 Å². The number of amides is 2. The molecule has 2 saturated heterocycles. The normalized spacial score (nSPS) is 22.7. The molecule has 2 aliphatic heterocycles. The van der Waals surface area contributed by atoms with Crippen LogP contribution in [0.1, 0.15) is 11.6 Å². The summed E-state index contributed by atoms with van der Waals surface area (Å²) in [6.07, 6.45) is -0.947.